The largest absolute Gasteiger partial charge is 0.382 e. The van der Waals surface area contributed by atoms with Crippen molar-refractivity contribution in [1.29, 1.82) is 0 Å². The maximum atomic E-state index is 12.6. The monoisotopic (exact) mass is 398 g/mol. The van der Waals surface area contributed by atoms with E-state index in [9.17, 15) is 9.59 Å². The SMILES string of the molecule is CCOCCCNC(=O)c1ccc2c(c1)N(Cc1ccccc1C)C(=O)CS2. The van der Waals surface area contributed by atoms with Crippen LogP contribution in [-0.2, 0) is 16.1 Å². The van der Waals surface area contributed by atoms with E-state index in [-0.39, 0.29) is 11.8 Å². The van der Waals surface area contributed by atoms with Crippen LogP contribution in [0.3, 0.4) is 0 Å². The number of anilines is 1. The fraction of sp³-hybridized carbons (Fsp3) is 0.364. The first-order valence-corrected chi connectivity index (χ1v) is 10.6. The third kappa shape index (κ3) is 4.94. The predicted octanol–water partition coefficient (Wildman–Crippen LogP) is 3.79. The highest BCUT2D eigenvalue weighted by Crippen LogP contribution is 2.37. The molecule has 2 aromatic carbocycles. The quantitative estimate of drug-likeness (QED) is 0.688. The summed E-state index contributed by atoms with van der Waals surface area (Å²) >= 11 is 1.52. The molecular weight excluding hydrogens is 372 g/mol. The number of benzene rings is 2. The third-order valence-electron chi connectivity index (χ3n) is 4.71. The minimum Gasteiger partial charge on any atom is -0.382 e. The lowest BCUT2D eigenvalue weighted by Gasteiger charge is -2.30. The third-order valence-corrected chi connectivity index (χ3v) is 5.76. The Morgan fingerprint density at radius 2 is 2.07 bits per heavy atom. The Bertz CT molecular complexity index is 853. The van der Waals surface area contributed by atoms with Crippen LogP contribution in [0.1, 0.15) is 34.8 Å². The molecule has 0 aromatic heterocycles. The summed E-state index contributed by atoms with van der Waals surface area (Å²) in [5.41, 5.74) is 3.64. The Hall–Kier alpha value is -2.31. The van der Waals surface area contributed by atoms with Crippen LogP contribution in [-0.4, -0.2) is 37.3 Å². The number of hydrogen-bond acceptors (Lipinski definition) is 4. The van der Waals surface area contributed by atoms with Crippen LogP contribution in [0.4, 0.5) is 5.69 Å². The van der Waals surface area contributed by atoms with Gasteiger partial charge in [-0.3, -0.25) is 9.59 Å². The topological polar surface area (TPSA) is 58.6 Å². The van der Waals surface area contributed by atoms with E-state index in [2.05, 4.69) is 5.32 Å². The molecule has 0 saturated carbocycles. The zero-order valence-electron chi connectivity index (χ0n) is 16.4. The number of nitrogens with zero attached hydrogens (tertiary/aromatic N) is 1. The van der Waals surface area contributed by atoms with Gasteiger partial charge < -0.3 is 15.0 Å². The molecule has 148 valence electrons. The highest BCUT2D eigenvalue weighted by molar-refractivity contribution is 8.00. The number of hydrogen-bond donors (Lipinski definition) is 1. The molecule has 28 heavy (non-hydrogen) atoms. The van der Waals surface area contributed by atoms with Crippen LogP contribution in [0.5, 0.6) is 0 Å². The van der Waals surface area contributed by atoms with E-state index in [1.807, 2.05) is 56.3 Å². The van der Waals surface area contributed by atoms with Crippen LogP contribution in [0.2, 0.25) is 0 Å². The molecule has 1 heterocycles. The van der Waals surface area contributed by atoms with Gasteiger partial charge in [0.05, 0.1) is 18.0 Å². The molecule has 5 nitrogen and oxygen atoms in total. The maximum Gasteiger partial charge on any atom is 0.251 e. The molecular formula is C22H26N2O3S. The smallest absolute Gasteiger partial charge is 0.251 e. The summed E-state index contributed by atoms with van der Waals surface area (Å²) in [5, 5.41) is 2.92. The number of amides is 2. The fourth-order valence-electron chi connectivity index (χ4n) is 3.10. The van der Waals surface area contributed by atoms with Crippen molar-refractivity contribution in [3.63, 3.8) is 0 Å². The van der Waals surface area contributed by atoms with Crippen molar-refractivity contribution in [2.24, 2.45) is 0 Å². The summed E-state index contributed by atoms with van der Waals surface area (Å²) in [6, 6.07) is 13.7. The van der Waals surface area contributed by atoms with Gasteiger partial charge in [-0.2, -0.15) is 0 Å². The molecule has 0 bridgehead atoms. The zero-order chi connectivity index (χ0) is 19.9. The van der Waals surface area contributed by atoms with E-state index >= 15 is 0 Å². The van der Waals surface area contributed by atoms with Gasteiger partial charge in [-0.05, 0) is 49.6 Å². The Kier molecular flexibility index (Phi) is 7.12. The molecule has 0 spiro atoms. The van der Waals surface area contributed by atoms with E-state index in [0.29, 0.717) is 37.6 Å². The lowest BCUT2D eigenvalue weighted by Crippen LogP contribution is -2.35. The first-order valence-electron chi connectivity index (χ1n) is 9.57. The van der Waals surface area contributed by atoms with E-state index in [1.54, 1.807) is 4.90 Å². The van der Waals surface area contributed by atoms with Crippen molar-refractivity contribution in [3.8, 4) is 0 Å². The number of rotatable bonds is 8. The van der Waals surface area contributed by atoms with Gasteiger partial charge in [0.25, 0.3) is 5.91 Å². The van der Waals surface area contributed by atoms with Crippen LogP contribution < -0.4 is 10.2 Å². The molecule has 0 unspecified atom stereocenters. The van der Waals surface area contributed by atoms with Gasteiger partial charge >= 0.3 is 0 Å². The maximum absolute atomic E-state index is 12.6. The van der Waals surface area contributed by atoms with E-state index in [1.165, 1.54) is 11.8 Å². The summed E-state index contributed by atoms with van der Waals surface area (Å²) in [4.78, 5) is 27.9. The lowest BCUT2D eigenvalue weighted by molar-refractivity contribution is -0.116. The van der Waals surface area contributed by atoms with E-state index in [0.717, 1.165) is 28.1 Å². The molecule has 0 fully saturated rings. The average molecular weight is 399 g/mol. The molecule has 0 radical (unpaired) electrons. The summed E-state index contributed by atoms with van der Waals surface area (Å²) < 4.78 is 5.29. The van der Waals surface area contributed by atoms with E-state index < -0.39 is 0 Å². The van der Waals surface area contributed by atoms with Crippen molar-refractivity contribution in [1.82, 2.24) is 5.32 Å². The standard InChI is InChI=1S/C22H26N2O3S/c1-3-27-12-6-11-23-22(26)17-9-10-20-19(13-17)24(21(25)15-28-20)14-18-8-5-4-7-16(18)2/h4-5,7-10,13H,3,6,11-12,14-15H2,1-2H3,(H,23,26). The number of nitrogens with one attached hydrogen (secondary N) is 1. The Labute approximate surface area is 170 Å². The number of fused-ring (bicyclic) bond motifs is 1. The van der Waals surface area contributed by atoms with Gasteiger partial charge in [0.1, 0.15) is 0 Å². The van der Waals surface area contributed by atoms with Crippen LogP contribution in [0, 0.1) is 6.92 Å². The first-order chi connectivity index (χ1) is 13.6. The normalized spacial score (nSPS) is 13.4. The second kappa shape index (κ2) is 9.75. The highest BCUT2D eigenvalue weighted by atomic mass is 32.2. The van der Waals surface area contributed by atoms with Gasteiger partial charge in [-0.1, -0.05) is 24.3 Å². The fourth-order valence-corrected chi connectivity index (χ4v) is 4.01. The highest BCUT2D eigenvalue weighted by Gasteiger charge is 2.26. The van der Waals surface area contributed by atoms with Crippen LogP contribution in [0.25, 0.3) is 0 Å². The number of carbonyl (C=O) groups excluding carboxylic acids is 2. The molecule has 2 amide bonds. The Morgan fingerprint density at radius 1 is 1.25 bits per heavy atom. The second-order valence-electron chi connectivity index (χ2n) is 6.68. The molecule has 1 aliphatic rings. The Morgan fingerprint density at radius 3 is 2.86 bits per heavy atom. The lowest BCUT2D eigenvalue weighted by atomic mass is 10.1. The molecule has 6 heteroatoms. The van der Waals surface area contributed by atoms with Crippen molar-refractivity contribution in [2.45, 2.75) is 31.7 Å². The number of carbonyl (C=O) groups is 2. The molecule has 2 aromatic rings. The van der Waals surface area contributed by atoms with Gasteiger partial charge in [0.2, 0.25) is 5.91 Å². The predicted molar refractivity (Wildman–Crippen MR) is 113 cm³/mol. The number of ether oxygens (including phenoxy) is 1. The molecule has 0 saturated heterocycles. The minimum absolute atomic E-state index is 0.0648. The van der Waals surface area contributed by atoms with Gasteiger partial charge in [0.15, 0.2) is 0 Å². The number of aryl methyl sites for hydroxylation is 1. The second-order valence-corrected chi connectivity index (χ2v) is 7.70. The van der Waals surface area contributed by atoms with Gasteiger partial charge in [-0.25, -0.2) is 0 Å². The van der Waals surface area contributed by atoms with Crippen molar-refractivity contribution < 1.29 is 14.3 Å². The summed E-state index contributed by atoms with van der Waals surface area (Å²) in [6.07, 6.45) is 0.776. The molecule has 0 atom stereocenters. The van der Waals surface area contributed by atoms with E-state index in [4.69, 9.17) is 4.74 Å². The minimum atomic E-state index is -0.127. The molecule has 1 N–H and O–H groups in total. The summed E-state index contributed by atoms with van der Waals surface area (Å²) in [7, 11) is 0. The first kappa shape index (κ1) is 20.4. The average Bonchev–Trinajstić information content (AvgIpc) is 2.71. The van der Waals surface area contributed by atoms with Crippen LogP contribution >= 0.6 is 11.8 Å². The Balaban J connectivity index is 1.76. The van der Waals surface area contributed by atoms with Gasteiger partial charge in [0, 0.05) is 30.2 Å². The summed E-state index contributed by atoms with van der Waals surface area (Å²) in [6.45, 7) is 6.39. The van der Waals surface area contributed by atoms with Crippen LogP contribution in [0.15, 0.2) is 47.4 Å². The zero-order valence-corrected chi connectivity index (χ0v) is 17.2. The summed E-state index contributed by atoms with van der Waals surface area (Å²) in [5.74, 6) is 0.357. The molecule has 0 aliphatic carbocycles. The van der Waals surface area contributed by atoms with Crippen molar-refractivity contribution in [3.05, 3.63) is 59.2 Å². The van der Waals surface area contributed by atoms with Crippen molar-refractivity contribution in [2.75, 3.05) is 30.4 Å². The molecule has 3 rings (SSSR count). The molecule has 1 aliphatic heterocycles. The van der Waals surface area contributed by atoms with Crippen molar-refractivity contribution >= 4 is 29.3 Å². The number of thioether (sulfide) groups is 1. The van der Waals surface area contributed by atoms with Gasteiger partial charge in [-0.15, -0.1) is 11.8 Å².